The zero-order chi connectivity index (χ0) is 18.8. The highest BCUT2D eigenvalue weighted by Gasteiger charge is 2.11. The van der Waals surface area contributed by atoms with Crippen LogP contribution in [0.15, 0.2) is 73.2 Å². The van der Waals surface area contributed by atoms with E-state index in [1.54, 1.807) is 6.20 Å². The molecule has 0 atom stereocenters. The second kappa shape index (κ2) is 6.96. The summed E-state index contributed by atoms with van der Waals surface area (Å²) < 4.78 is 0. The largest absolute Gasteiger partial charge is 0.364 e. The summed E-state index contributed by atoms with van der Waals surface area (Å²) in [6.07, 6.45) is 3.29. The van der Waals surface area contributed by atoms with Gasteiger partial charge >= 0.3 is 0 Å². The number of anilines is 3. The van der Waals surface area contributed by atoms with Crippen molar-refractivity contribution in [3.05, 3.63) is 78.8 Å². The van der Waals surface area contributed by atoms with Crippen molar-refractivity contribution < 1.29 is 0 Å². The van der Waals surface area contributed by atoms with Crippen molar-refractivity contribution in [2.45, 2.75) is 6.54 Å². The van der Waals surface area contributed by atoms with Crippen LogP contribution < -0.4 is 10.6 Å². The number of pyridine rings is 1. The molecule has 3 aromatic heterocycles. The lowest BCUT2D eigenvalue weighted by Crippen LogP contribution is -2.02. The monoisotopic (exact) mass is 367 g/mol. The molecule has 0 unspecified atom stereocenters. The number of rotatable bonds is 5. The molecule has 5 aromatic rings. The highest BCUT2D eigenvalue weighted by Crippen LogP contribution is 2.25. The minimum atomic E-state index is 0.571. The second-order valence-corrected chi connectivity index (χ2v) is 6.35. The van der Waals surface area contributed by atoms with Crippen LogP contribution in [0.3, 0.4) is 0 Å². The Labute approximate surface area is 160 Å². The van der Waals surface area contributed by atoms with Crippen molar-refractivity contribution in [3.8, 4) is 0 Å². The van der Waals surface area contributed by atoms with Gasteiger partial charge in [-0.25, -0.2) is 15.0 Å². The summed E-state index contributed by atoms with van der Waals surface area (Å²) >= 11 is 0. The molecule has 2 aromatic carbocycles. The molecule has 0 aliphatic heterocycles. The predicted octanol–water partition coefficient (Wildman–Crippen LogP) is 4.26. The standard InChI is InChI=1S/C21H17N7/c1-2-6-14(7-3-1)12-23-19-17-20(25-13-24-19)28-21(26-17)27-18-16-9-5-4-8-15(16)10-11-22-18/h1-11,13H,12H2,(H3,22,23,24,25,26,27,28). The van der Waals surface area contributed by atoms with Crippen molar-refractivity contribution in [3.63, 3.8) is 0 Å². The van der Waals surface area contributed by atoms with E-state index >= 15 is 0 Å². The Morgan fingerprint density at radius 1 is 0.821 bits per heavy atom. The molecule has 28 heavy (non-hydrogen) atoms. The number of aromatic nitrogens is 5. The third kappa shape index (κ3) is 3.09. The van der Waals surface area contributed by atoms with Crippen LogP contribution in [0.25, 0.3) is 21.9 Å². The van der Waals surface area contributed by atoms with Crippen LogP contribution in [-0.2, 0) is 6.54 Å². The molecule has 0 radical (unpaired) electrons. The fourth-order valence-electron chi connectivity index (χ4n) is 3.13. The zero-order valence-corrected chi connectivity index (χ0v) is 14.9. The first kappa shape index (κ1) is 16.2. The van der Waals surface area contributed by atoms with Gasteiger partial charge in [0.1, 0.15) is 17.7 Å². The molecule has 0 saturated carbocycles. The van der Waals surface area contributed by atoms with Gasteiger partial charge in [-0.1, -0.05) is 54.6 Å². The third-order valence-electron chi connectivity index (χ3n) is 4.50. The number of nitrogens with zero attached hydrogens (tertiary/aromatic N) is 4. The fraction of sp³-hybridized carbons (Fsp3) is 0.0476. The summed E-state index contributed by atoms with van der Waals surface area (Å²) in [5, 5.41) is 8.75. The second-order valence-electron chi connectivity index (χ2n) is 6.35. The number of benzene rings is 2. The molecule has 0 saturated heterocycles. The highest BCUT2D eigenvalue weighted by molar-refractivity contribution is 5.93. The van der Waals surface area contributed by atoms with Gasteiger partial charge in [0.05, 0.1) is 0 Å². The number of hydrogen-bond donors (Lipinski definition) is 3. The van der Waals surface area contributed by atoms with Crippen LogP contribution in [0.5, 0.6) is 0 Å². The lowest BCUT2D eigenvalue weighted by Gasteiger charge is -2.06. The van der Waals surface area contributed by atoms with Gasteiger partial charge in [-0.2, -0.15) is 4.98 Å². The zero-order valence-electron chi connectivity index (χ0n) is 14.9. The Kier molecular flexibility index (Phi) is 4.02. The van der Waals surface area contributed by atoms with Gasteiger partial charge in [0.2, 0.25) is 5.95 Å². The minimum absolute atomic E-state index is 0.571. The van der Waals surface area contributed by atoms with Crippen LogP contribution in [0, 0.1) is 0 Å². The fourth-order valence-corrected chi connectivity index (χ4v) is 3.13. The molecule has 7 heteroatoms. The third-order valence-corrected chi connectivity index (χ3v) is 4.50. The lowest BCUT2D eigenvalue weighted by atomic mass is 10.1. The molecule has 0 aliphatic rings. The maximum atomic E-state index is 4.53. The van der Waals surface area contributed by atoms with E-state index in [4.69, 9.17) is 0 Å². The maximum Gasteiger partial charge on any atom is 0.208 e. The van der Waals surface area contributed by atoms with E-state index in [1.807, 2.05) is 42.5 Å². The summed E-state index contributed by atoms with van der Waals surface area (Å²) in [6, 6.07) is 20.2. The van der Waals surface area contributed by atoms with Crippen molar-refractivity contribution in [2.24, 2.45) is 0 Å². The SMILES string of the molecule is c1ccc(CNc2ncnc3nc(Nc4nccc5ccccc45)[nH]c23)cc1. The van der Waals surface area contributed by atoms with Crippen LogP contribution in [0.2, 0.25) is 0 Å². The predicted molar refractivity (Wildman–Crippen MR) is 110 cm³/mol. The molecule has 0 aliphatic carbocycles. The Hall–Kier alpha value is -4.00. The van der Waals surface area contributed by atoms with E-state index in [0.29, 0.717) is 24.0 Å². The van der Waals surface area contributed by atoms with Crippen molar-refractivity contribution >= 4 is 39.5 Å². The molecule has 136 valence electrons. The summed E-state index contributed by atoms with van der Waals surface area (Å²) in [5.74, 6) is 2.02. The number of H-pyrrole nitrogens is 1. The van der Waals surface area contributed by atoms with Gasteiger partial charge < -0.3 is 15.6 Å². The Balaban J connectivity index is 1.45. The maximum absolute atomic E-state index is 4.53. The molecular formula is C21H17N7. The van der Waals surface area contributed by atoms with Crippen molar-refractivity contribution in [1.29, 1.82) is 0 Å². The van der Waals surface area contributed by atoms with Gasteiger partial charge in [-0.05, 0) is 17.0 Å². The smallest absolute Gasteiger partial charge is 0.208 e. The average molecular weight is 367 g/mol. The molecule has 3 N–H and O–H groups in total. The van der Waals surface area contributed by atoms with Gasteiger partial charge in [-0.3, -0.25) is 0 Å². The lowest BCUT2D eigenvalue weighted by molar-refractivity contribution is 1.10. The van der Waals surface area contributed by atoms with Crippen molar-refractivity contribution in [1.82, 2.24) is 24.9 Å². The summed E-state index contributed by atoms with van der Waals surface area (Å²) in [5.41, 5.74) is 2.52. The van der Waals surface area contributed by atoms with Crippen molar-refractivity contribution in [2.75, 3.05) is 10.6 Å². The Morgan fingerprint density at radius 2 is 1.68 bits per heavy atom. The number of fused-ring (bicyclic) bond motifs is 2. The Bertz CT molecular complexity index is 1240. The van der Waals surface area contributed by atoms with E-state index in [-0.39, 0.29) is 0 Å². The van der Waals surface area contributed by atoms with Gasteiger partial charge in [0.25, 0.3) is 0 Å². The van der Waals surface area contributed by atoms with E-state index < -0.39 is 0 Å². The van der Waals surface area contributed by atoms with Gasteiger partial charge in [-0.15, -0.1) is 0 Å². The average Bonchev–Trinajstić information content (AvgIpc) is 3.16. The van der Waals surface area contributed by atoms with Crippen LogP contribution in [0.4, 0.5) is 17.6 Å². The van der Waals surface area contributed by atoms with Crippen LogP contribution in [0.1, 0.15) is 5.56 Å². The molecular weight excluding hydrogens is 350 g/mol. The molecule has 0 spiro atoms. The minimum Gasteiger partial charge on any atom is -0.364 e. The van der Waals surface area contributed by atoms with Gasteiger partial charge in [0.15, 0.2) is 11.5 Å². The van der Waals surface area contributed by atoms with E-state index in [1.165, 1.54) is 11.9 Å². The summed E-state index contributed by atoms with van der Waals surface area (Å²) in [7, 11) is 0. The first-order valence-corrected chi connectivity index (χ1v) is 8.96. The molecule has 3 heterocycles. The van der Waals surface area contributed by atoms with Crippen LogP contribution in [-0.4, -0.2) is 24.9 Å². The molecule has 0 bridgehead atoms. The molecule has 0 amide bonds. The number of imidazole rings is 1. The Morgan fingerprint density at radius 3 is 2.61 bits per heavy atom. The summed E-state index contributed by atoms with van der Waals surface area (Å²) in [6.45, 7) is 0.666. The highest BCUT2D eigenvalue weighted by atomic mass is 15.2. The first-order chi connectivity index (χ1) is 13.9. The van der Waals surface area contributed by atoms with Crippen LogP contribution >= 0.6 is 0 Å². The normalized spacial score (nSPS) is 11.0. The van der Waals surface area contributed by atoms with E-state index in [9.17, 15) is 0 Å². The number of aromatic amines is 1. The number of hydrogen-bond acceptors (Lipinski definition) is 6. The van der Waals surface area contributed by atoms with Gasteiger partial charge in [0, 0.05) is 18.1 Å². The topological polar surface area (TPSA) is 91.4 Å². The molecule has 0 fully saturated rings. The number of nitrogens with one attached hydrogen (secondary N) is 3. The summed E-state index contributed by atoms with van der Waals surface area (Å²) in [4.78, 5) is 20.9. The van der Waals surface area contributed by atoms with E-state index in [2.05, 4.69) is 53.8 Å². The molecule has 5 rings (SSSR count). The van der Waals surface area contributed by atoms with E-state index in [0.717, 1.165) is 22.1 Å². The molecule has 7 nitrogen and oxygen atoms in total. The first-order valence-electron chi connectivity index (χ1n) is 8.96. The quantitative estimate of drug-likeness (QED) is 0.430.